The van der Waals surface area contributed by atoms with Crippen molar-refractivity contribution in [3.05, 3.63) is 162 Å². The van der Waals surface area contributed by atoms with Crippen LogP contribution in [0.1, 0.15) is 133 Å². The first-order chi connectivity index (χ1) is 36.1. The van der Waals surface area contributed by atoms with E-state index in [0.29, 0.717) is 35.8 Å². The molecule has 0 aliphatic carbocycles. The normalized spacial score (nSPS) is 13.9. The van der Waals surface area contributed by atoms with E-state index in [1.807, 2.05) is 53.7 Å². The number of benzene rings is 5. The summed E-state index contributed by atoms with van der Waals surface area (Å²) in [4.78, 5) is 61.0. The van der Waals surface area contributed by atoms with Gasteiger partial charge < -0.3 is 16.4 Å². The molecule has 12 heteroatoms. The summed E-state index contributed by atoms with van der Waals surface area (Å²) in [5.41, 5.74) is 7.78. The van der Waals surface area contributed by atoms with Crippen molar-refractivity contribution in [3.63, 3.8) is 0 Å². The predicted octanol–water partition coefficient (Wildman–Crippen LogP) is 12.3. The molecule has 6 rings (SSSR count). The smallest absolute Gasteiger partial charge is 0.231 e. The molecule has 0 bridgehead atoms. The van der Waals surface area contributed by atoms with Crippen LogP contribution in [-0.4, -0.2) is 89.5 Å². The fourth-order valence-corrected chi connectivity index (χ4v) is 14.3. The monoisotopic (exact) mass is 1110 g/mol. The first-order valence-electron chi connectivity index (χ1n) is 27.1. The third-order valence-corrected chi connectivity index (χ3v) is 19.3. The Balaban J connectivity index is 0.000000283. The minimum atomic E-state index is -1.90. The summed E-state index contributed by atoms with van der Waals surface area (Å²) in [6.07, 6.45) is 2.02. The number of primary amides is 1. The Kier molecular flexibility index (Phi) is 27.2. The maximum atomic E-state index is 12.8. The van der Waals surface area contributed by atoms with Gasteiger partial charge in [0.05, 0.1) is 11.4 Å². The number of nitrogens with two attached hydrogens (primary N) is 1. The Morgan fingerprint density at radius 1 is 0.610 bits per heavy atom. The van der Waals surface area contributed by atoms with E-state index >= 15 is 0 Å². The number of nitrogens with one attached hydrogen (secondary N) is 2. The maximum Gasteiger partial charge on any atom is 0.231 e. The second-order valence-corrected chi connectivity index (χ2v) is 29.2. The fraction of sp³-hybridized carbons (Fsp3) is 0.462. The highest BCUT2D eigenvalue weighted by Crippen LogP contribution is 2.56. The number of hydrogen-bond acceptors (Lipinski definition) is 8. The van der Waals surface area contributed by atoms with Gasteiger partial charge in [-0.05, 0) is 92.8 Å². The number of ketones is 3. The van der Waals surface area contributed by atoms with Gasteiger partial charge in [-0.2, -0.15) is 0 Å². The molecule has 0 saturated carbocycles. The molecule has 1 saturated heterocycles. The molecule has 0 radical (unpaired) electrons. The Hall–Kier alpha value is -4.96. The predicted molar refractivity (Wildman–Crippen MR) is 330 cm³/mol. The number of rotatable bonds is 18. The quantitative estimate of drug-likeness (QED) is 0.0738. The molecule has 1 heterocycles. The molecule has 2 unspecified atom stereocenters. The lowest BCUT2D eigenvalue weighted by Crippen LogP contribution is -2.51. The summed E-state index contributed by atoms with van der Waals surface area (Å²) in [6.45, 7) is 31.6. The van der Waals surface area contributed by atoms with Gasteiger partial charge in [-0.1, -0.05) is 171 Å². The summed E-state index contributed by atoms with van der Waals surface area (Å²) in [5, 5.41) is 10.1. The van der Waals surface area contributed by atoms with Gasteiger partial charge in [0.15, 0.2) is 0 Å². The van der Waals surface area contributed by atoms with E-state index in [1.54, 1.807) is 0 Å². The van der Waals surface area contributed by atoms with Gasteiger partial charge in [0.1, 0.15) is 40.5 Å². The van der Waals surface area contributed by atoms with Crippen molar-refractivity contribution in [2.24, 2.45) is 22.0 Å². The van der Waals surface area contributed by atoms with Gasteiger partial charge >= 0.3 is 0 Å². The molecule has 0 aromatic heterocycles. The first kappa shape index (κ1) is 66.3. The van der Waals surface area contributed by atoms with Crippen LogP contribution >= 0.6 is 30.6 Å². The number of Topliss-reactive ketones (excluding diaryl/α,β-unsaturated/α-hetero) is 3. The van der Waals surface area contributed by atoms with E-state index in [1.165, 1.54) is 58.8 Å². The van der Waals surface area contributed by atoms with Crippen LogP contribution in [-0.2, 0) is 24.0 Å². The zero-order chi connectivity index (χ0) is 57.5. The van der Waals surface area contributed by atoms with E-state index in [-0.39, 0.29) is 47.7 Å². The molecule has 9 nitrogen and oxygen atoms in total. The molecule has 1 aliphatic heterocycles. The highest BCUT2D eigenvalue weighted by Gasteiger charge is 2.46. The van der Waals surface area contributed by atoms with Crippen LogP contribution in [0.15, 0.2) is 146 Å². The third-order valence-electron chi connectivity index (χ3n) is 13.3. The number of carbonyl (C=O) groups excluding carboxylic acids is 5. The van der Waals surface area contributed by atoms with Crippen molar-refractivity contribution in [3.8, 4) is 0 Å². The molecule has 2 amide bonds. The lowest BCUT2D eigenvalue weighted by atomic mass is 9.73. The third kappa shape index (κ3) is 23.1. The standard InChI is InChI=1S/C25H28OP.C17H19Cl.C15H26N2O4S.C8H18N2/c1-25(2,3)24(26)19-20-27(21-13-7-4-8-14-21,22-15-9-5-10-16-22)23-17-11-6-12-18-23;1-17(2,3)16(13-7-5-4-6-8-13)14-9-11-15(18)12-10-14;1-10(18)5-7-17-13(20)9-11(14(16)21)22-8-6-12(19)15(2,3)4;1-8(2,3)10-6-4-9-5-7-10/h4-18H,19-20H2,1-3H3;4-12,16H,1-3H3;11H,5-9H2,1-4H3,(H2,16,21)(H,17,20);9H,4-7H2,1-3H3/q+1;;;. The zero-order valence-corrected chi connectivity index (χ0v) is 51.1. The summed E-state index contributed by atoms with van der Waals surface area (Å²) < 4.78 is 0. The number of piperazine rings is 1. The van der Waals surface area contributed by atoms with Crippen LogP contribution in [0.25, 0.3) is 0 Å². The molecule has 2 atom stereocenters. The topological polar surface area (TPSA) is 139 Å². The number of thioether (sulfide) groups is 1. The fourth-order valence-electron chi connectivity index (χ4n) is 8.88. The number of halogens is 1. The maximum absolute atomic E-state index is 12.8. The van der Waals surface area contributed by atoms with Crippen LogP contribution in [0, 0.1) is 16.2 Å². The number of amides is 2. The summed E-state index contributed by atoms with van der Waals surface area (Å²) in [5.74, 6) is 0.362. The van der Waals surface area contributed by atoms with Crippen LogP contribution in [0.2, 0.25) is 5.02 Å². The van der Waals surface area contributed by atoms with Crippen LogP contribution in [0.3, 0.4) is 0 Å². The molecule has 5 aromatic carbocycles. The Bertz CT molecular complexity index is 2450. The van der Waals surface area contributed by atoms with Crippen molar-refractivity contribution in [1.29, 1.82) is 0 Å². The molecule has 4 N–H and O–H groups in total. The molecule has 5 aromatic rings. The van der Waals surface area contributed by atoms with Crippen molar-refractivity contribution >= 4 is 75.7 Å². The van der Waals surface area contributed by atoms with Gasteiger partial charge in [-0.15, -0.1) is 11.8 Å². The van der Waals surface area contributed by atoms with Crippen molar-refractivity contribution in [2.75, 3.05) is 44.6 Å². The largest absolute Gasteiger partial charge is 0.369 e. The minimum Gasteiger partial charge on any atom is -0.369 e. The minimum absolute atomic E-state index is 0.0122. The average Bonchev–Trinajstić information content (AvgIpc) is 3.39. The number of nitrogens with zero attached hydrogens (tertiary/aromatic N) is 1. The SMILES string of the molecule is CC(=O)CCNC(=O)CC(SCCC(=O)C(C)(C)C)C(N)=O.CC(C)(C)C(=O)CC[P+](c1ccccc1)(c1ccccc1)c1ccccc1.CC(C)(C)C(c1ccccc1)c1ccc(Cl)cc1.CC(C)(C)N1CCNCC1. The molecule has 1 fully saturated rings. The molecule has 1 aliphatic rings. The average molecular weight is 1110 g/mol. The van der Waals surface area contributed by atoms with E-state index in [2.05, 4.69) is 191 Å². The highest BCUT2D eigenvalue weighted by atomic mass is 35.5. The Morgan fingerprint density at radius 2 is 1.03 bits per heavy atom. The zero-order valence-electron chi connectivity index (χ0n) is 48.6. The van der Waals surface area contributed by atoms with Crippen LogP contribution in [0.5, 0.6) is 0 Å². The van der Waals surface area contributed by atoms with E-state index in [0.717, 1.165) is 24.3 Å². The number of hydrogen-bond donors (Lipinski definition) is 3. The molecular weight excluding hydrogens is 1020 g/mol. The summed E-state index contributed by atoms with van der Waals surface area (Å²) >= 11 is 7.20. The Morgan fingerprint density at radius 3 is 1.40 bits per heavy atom. The number of carbonyl (C=O) groups is 5. The highest BCUT2D eigenvalue weighted by molar-refractivity contribution is 8.00. The van der Waals surface area contributed by atoms with E-state index < -0.39 is 23.8 Å². The lowest BCUT2D eigenvalue weighted by molar-refractivity contribution is -0.126. The summed E-state index contributed by atoms with van der Waals surface area (Å²) in [7, 11) is -1.90. The second-order valence-electron chi connectivity index (χ2n) is 23.8. The van der Waals surface area contributed by atoms with E-state index in [4.69, 9.17) is 17.3 Å². The first-order valence-corrected chi connectivity index (χ1v) is 30.5. The van der Waals surface area contributed by atoms with Gasteiger partial charge in [-0.3, -0.25) is 28.9 Å². The molecule has 77 heavy (non-hydrogen) atoms. The van der Waals surface area contributed by atoms with Gasteiger partial charge in [0.2, 0.25) is 11.8 Å². The Labute approximate surface area is 473 Å². The molecular formula is C65H91ClN4O5PS+. The van der Waals surface area contributed by atoms with Crippen LogP contribution in [0.4, 0.5) is 0 Å². The van der Waals surface area contributed by atoms with Crippen LogP contribution < -0.4 is 32.3 Å². The van der Waals surface area contributed by atoms with Gasteiger partial charge in [0.25, 0.3) is 0 Å². The van der Waals surface area contributed by atoms with Crippen molar-refractivity contribution in [2.45, 2.75) is 132 Å². The van der Waals surface area contributed by atoms with Crippen molar-refractivity contribution in [1.82, 2.24) is 15.5 Å². The van der Waals surface area contributed by atoms with Gasteiger partial charge in [-0.25, -0.2) is 0 Å². The van der Waals surface area contributed by atoms with E-state index in [9.17, 15) is 24.0 Å². The lowest BCUT2D eigenvalue weighted by Gasteiger charge is -2.38. The van der Waals surface area contributed by atoms with Crippen molar-refractivity contribution < 1.29 is 24.0 Å². The molecule has 418 valence electrons. The second kappa shape index (κ2) is 31.6. The summed E-state index contributed by atoms with van der Waals surface area (Å²) in [6, 6.07) is 51.1. The van der Waals surface area contributed by atoms with Gasteiger partial charge in [0, 0.05) is 91.5 Å². The molecule has 0 spiro atoms.